The summed E-state index contributed by atoms with van der Waals surface area (Å²) in [5, 5.41) is 5.66. The minimum absolute atomic E-state index is 0.0146. The number of anilines is 1. The van der Waals surface area contributed by atoms with Gasteiger partial charge in [-0.15, -0.1) is 0 Å². The Kier molecular flexibility index (Phi) is 6.60. The normalized spacial score (nSPS) is 14.5. The van der Waals surface area contributed by atoms with Crippen molar-refractivity contribution >= 4 is 28.5 Å². The average Bonchev–Trinajstić information content (AvgIpc) is 3.13. The lowest BCUT2D eigenvalue weighted by Gasteiger charge is -2.20. The van der Waals surface area contributed by atoms with E-state index in [9.17, 15) is 14.0 Å². The first kappa shape index (κ1) is 21.0. The molecule has 3 aromatic rings. The number of carbonyl (C=O) groups excluding carboxylic acids is 2. The standard InChI is InChI=1S/C24H27FN4O2/c25-18-10-4-5-11-19(18)28-23(30)16-29-21-13-7-6-12-20(21)27-22(29)14-15-26-24(31)17-8-2-1-3-9-17/h4-7,10-13,17H,1-3,8-9,14-16H2,(H,26,31)(H,28,30). The zero-order chi connectivity index (χ0) is 21.6. The third kappa shape index (κ3) is 5.10. The molecule has 6 nitrogen and oxygen atoms in total. The second-order valence-corrected chi connectivity index (χ2v) is 8.01. The molecule has 1 fully saturated rings. The first-order chi connectivity index (χ1) is 15.1. The summed E-state index contributed by atoms with van der Waals surface area (Å²) in [5.74, 6) is 0.130. The topological polar surface area (TPSA) is 76.0 Å². The lowest BCUT2D eigenvalue weighted by Crippen LogP contribution is -2.33. The van der Waals surface area contributed by atoms with Gasteiger partial charge < -0.3 is 15.2 Å². The number of aromatic nitrogens is 2. The summed E-state index contributed by atoms with van der Waals surface area (Å²) in [7, 11) is 0. The maximum absolute atomic E-state index is 13.9. The van der Waals surface area contributed by atoms with Gasteiger partial charge in [0.15, 0.2) is 0 Å². The molecule has 2 N–H and O–H groups in total. The summed E-state index contributed by atoms with van der Waals surface area (Å²) in [6, 6.07) is 13.7. The smallest absolute Gasteiger partial charge is 0.244 e. The summed E-state index contributed by atoms with van der Waals surface area (Å²) in [5.41, 5.74) is 1.77. The van der Waals surface area contributed by atoms with Crippen molar-refractivity contribution in [1.82, 2.24) is 14.9 Å². The van der Waals surface area contributed by atoms with Crippen molar-refractivity contribution < 1.29 is 14.0 Å². The first-order valence-electron chi connectivity index (χ1n) is 10.9. The Morgan fingerprint density at radius 2 is 1.77 bits per heavy atom. The molecule has 4 rings (SSSR count). The highest BCUT2D eigenvalue weighted by Crippen LogP contribution is 2.23. The SMILES string of the molecule is O=C(Cn1c(CCNC(=O)C2CCCCC2)nc2ccccc21)Nc1ccccc1F. The molecule has 7 heteroatoms. The quantitative estimate of drug-likeness (QED) is 0.603. The Morgan fingerprint density at radius 3 is 2.58 bits per heavy atom. The van der Waals surface area contributed by atoms with Crippen LogP contribution in [0.5, 0.6) is 0 Å². The van der Waals surface area contributed by atoms with Crippen molar-refractivity contribution in [2.45, 2.75) is 45.1 Å². The Labute approximate surface area is 180 Å². The zero-order valence-corrected chi connectivity index (χ0v) is 17.4. The molecular formula is C24H27FN4O2. The van der Waals surface area contributed by atoms with Crippen LogP contribution in [0.1, 0.15) is 37.9 Å². The van der Waals surface area contributed by atoms with Gasteiger partial charge in [0.05, 0.1) is 16.7 Å². The number of rotatable bonds is 7. The van der Waals surface area contributed by atoms with Gasteiger partial charge in [-0.3, -0.25) is 9.59 Å². The number of carbonyl (C=O) groups is 2. The fraction of sp³-hybridized carbons (Fsp3) is 0.375. The van der Waals surface area contributed by atoms with Crippen LogP contribution in [-0.2, 0) is 22.6 Å². The number of para-hydroxylation sites is 3. The predicted molar refractivity (Wildman–Crippen MR) is 118 cm³/mol. The summed E-state index contributed by atoms with van der Waals surface area (Å²) in [6.07, 6.45) is 5.87. The highest BCUT2D eigenvalue weighted by Gasteiger charge is 2.21. The second kappa shape index (κ2) is 9.73. The van der Waals surface area contributed by atoms with E-state index >= 15 is 0 Å². The van der Waals surface area contributed by atoms with E-state index in [1.54, 1.807) is 12.1 Å². The Morgan fingerprint density at radius 1 is 1.03 bits per heavy atom. The van der Waals surface area contributed by atoms with Crippen LogP contribution in [-0.4, -0.2) is 27.9 Å². The van der Waals surface area contributed by atoms with E-state index < -0.39 is 5.82 Å². The van der Waals surface area contributed by atoms with Gasteiger partial charge in [0.2, 0.25) is 11.8 Å². The van der Waals surface area contributed by atoms with E-state index in [1.807, 2.05) is 28.8 Å². The molecule has 0 aliphatic heterocycles. The number of benzene rings is 2. The Bertz CT molecular complexity index is 1070. The molecule has 0 radical (unpaired) electrons. The fourth-order valence-corrected chi connectivity index (χ4v) is 4.20. The molecule has 0 spiro atoms. The van der Waals surface area contributed by atoms with Crippen LogP contribution in [0.3, 0.4) is 0 Å². The minimum atomic E-state index is -0.475. The second-order valence-electron chi connectivity index (χ2n) is 8.01. The van der Waals surface area contributed by atoms with Gasteiger partial charge in [0, 0.05) is 18.9 Å². The molecule has 0 saturated heterocycles. The molecule has 0 bridgehead atoms. The van der Waals surface area contributed by atoms with E-state index in [-0.39, 0.29) is 30.0 Å². The van der Waals surface area contributed by atoms with Gasteiger partial charge in [0.1, 0.15) is 18.2 Å². The van der Waals surface area contributed by atoms with E-state index in [1.165, 1.54) is 18.6 Å². The van der Waals surface area contributed by atoms with E-state index in [0.29, 0.717) is 18.8 Å². The summed E-state index contributed by atoms with van der Waals surface area (Å²) in [4.78, 5) is 29.7. The van der Waals surface area contributed by atoms with Crippen molar-refractivity contribution in [3.8, 4) is 0 Å². The lowest BCUT2D eigenvalue weighted by atomic mass is 9.89. The number of fused-ring (bicyclic) bond motifs is 1. The van der Waals surface area contributed by atoms with E-state index in [0.717, 1.165) is 36.7 Å². The van der Waals surface area contributed by atoms with Gasteiger partial charge >= 0.3 is 0 Å². The molecule has 162 valence electrons. The fourth-order valence-electron chi connectivity index (χ4n) is 4.20. The maximum Gasteiger partial charge on any atom is 0.244 e. The minimum Gasteiger partial charge on any atom is -0.355 e. The van der Waals surface area contributed by atoms with Gasteiger partial charge in [0.25, 0.3) is 0 Å². The monoisotopic (exact) mass is 422 g/mol. The van der Waals surface area contributed by atoms with Crippen LogP contribution in [0.4, 0.5) is 10.1 Å². The van der Waals surface area contributed by atoms with Crippen LogP contribution < -0.4 is 10.6 Å². The summed E-state index contributed by atoms with van der Waals surface area (Å²) < 4.78 is 15.7. The Balaban J connectivity index is 1.44. The van der Waals surface area contributed by atoms with Crippen molar-refractivity contribution in [3.05, 3.63) is 60.2 Å². The van der Waals surface area contributed by atoms with E-state index in [2.05, 4.69) is 15.6 Å². The number of nitrogens with one attached hydrogen (secondary N) is 2. The van der Waals surface area contributed by atoms with Crippen LogP contribution in [0.25, 0.3) is 11.0 Å². The molecule has 0 atom stereocenters. The summed E-state index contributed by atoms with van der Waals surface area (Å²) >= 11 is 0. The molecule has 31 heavy (non-hydrogen) atoms. The van der Waals surface area contributed by atoms with Crippen molar-refractivity contribution in [2.75, 3.05) is 11.9 Å². The number of amides is 2. The van der Waals surface area contributed by atoms with E-state index in [4.69, 9.17) is 0 Å². The number of hydrogen-bond acceptors (Lipinski definition) is 3. The van der Waals surface area contributed by atoms with Crippen LogP contribution in [0, 0.1) is 11.7 Å². The third-order valence-corrected chi connectivity index (χ3v) is 5.81. The van der Waals surface area contributed by atoms with Crippen molar-refractivity contribution in [1.29, 1.82) is 0 Å². The largest absolute Gasteiger partial charge is 0.355 e. The van der Waals surface area contributed by atoms with Crippen LogP contribution in [0.2, 0.25) is 0 Å². The molecule has 0 unspecified atom stereocenters. The molecular weight excluding hydrogens is 395 g/mol. The van der Waals surface area contributed by atoms with Crippen LogP contribution in [0.15, 0.2) is 48.5 Å². The lowest BCUT2D eigenvalue weighted by molar-refractivity contribution is -0.125. The molecule has 2 aromatic carbocycles. The predicted octanol–water partition coefficient (Wildman–Crippen LogP) is 4.05. The number of hydrogen-bond donors (Lipinski definition) is 2. The summed E-state index contributed by atoms with van der Waals surface area (Å²) in [6.45, 7) is 0.480. The van der Waals surface area contributed by atoms with Crippen molar-refractivity contribution in [3.63, 3.8) is 0 Å². The molecule has 1 saturated carbocycles. The molecule has 1 heterocycles. The number of nitrogens with zero attached hydrogens (tertiary/aromatic N) is 2. The number of imidazole rings is 1. The Hall–Kier alpha value is -3.22. The molecule has 1 aliphatic rings. The van der Waals surface area contributed by atoms with Gasteiger partial charge in [-0.25, -0.2) is 9.37 Å². The van der Waals surface area contributed by atoms with Crippen LogP contribution >= 0.6 is 0 Å². The molecule has 2 amide bonds. The zero-order valence-electron chi connectivity index (χ0n) is 17.4. The van der Waals surface area contributed by atoms with Gasteiger partial charge in [-0.2, -0.15) is 0 Å². The third-order valence-electron chi connectivity index (χ3n) is 5.81. The first-order valence-corrected chi connectivity index (χ1v) is 10.9. The average molecular weight is 423 g/mol. The highest BCUT2D eigenvalue weighted by molar-refractivity contribution is 5.91. The highest BCUT2D eigenvalue weighted by atomic mass is 19.1. The molecule has 1 aromatic heterocycles. The van der Waals surface area contributed by atoms with Gasteiger partial charge in [-0.05, 0) is 37.1 Å². The molecule has 1 aliphatic carbocycles. The van der Waals surface area contributed by atoms with Gasteiger partial charge in [-0.1, -0.05) is 43.5 Å². The number of halogens is 1. The maximum atomic E-state index is 13.9. The van der Waals surface area contributed by atoms with Crippen molar-refractivity contribution in [2.24, 2.45) is 5.92 Å².